The van der Waals surface area contributed by atoms with Gasteiger partial charge in [0.15, 0.2) is 11.6 Å². The summed E-state index contributed by atoms with van der Waals surface area (Å²) in [7, 11) is 1.17. The Bertz CT molecular complexity index is 574. The van der Waals surface area contributed by atoms with E-state index in [1.807, 2.05) is 0 Å². The van der Waals surface area contributed by atoms with Crippen molar-refractivity contribution in [1.82, 2.24) is 4.90 Å². The minimum Gasteiger partial charge on any atom is -0.485 e. The van der Waals surface area contributed by atoms with Gasteiger partial charge in [-0.3, -0.25) is 14.5 Å². The van der Waals surface area contributed by atoms with Gasteiger partial charge in [-0.25, -0.2) is 4.39 Å². The molecule has 1 heterocycles. The van der Waals surface area contributed by atoms with Gasteiger partial charge >= 0.3 is 11.9 Å². The van der Waals surface area contributed by atoms with E-state index < -0.39 is 42.1 Å². The van der Waals surface area contributed by atoms with Crippen molar-refractivity contribution in [3.8, 4) is 5.75 Å². The molecule has 8 heteroatoms. The smallest absolute Gasteiger partial charge is 0.323 e. The summed E-state index contributed by atoms with van der Waals surface area (Å²) < 4.78 is 36.4. The van der Waals surface area contributed by atoms with Crippen LogP contribution in [0.15, 0.2) is 18.2 Å². The number of aliphatic carboxylic acids is 1. The van der Waals surface area contributed by atoms with Crippen LogP contribution in [0, 0.1) is 11.6 Å². The van der Waals surface area contributed by atoms with E-state index in [1.54, 1.807) is 4.90 Å². The Morgan fingerprint density at radius 2 is 2.09 bits per heavy atom. The molecule has 1 aromatic carbocycles. The molecule has 1 aromatic rings. The lowest BCUT2D eigenvalue weighted by molar-refractivity contribution is -0.156. The van der Waals surface area contributed by atoms with Gasteiger partial charge in [0.25, 0.3) is 0 Å². The summed E-state index contributed by atoms with van der Waals surface area (Å²) >= 11 is 0. The molecule has 1 unspecified atom stereocenters. The van der Waals surface area contributed by atoms with Crippen LogP contribution in [-0.2, 0) is 14.3 Å². The van der Waals surface area contributed by atoms with Crippen LogP contribution in [0.5, 0.6) is 5.75 Å². The first kappa shape index (κ1) is 16.2. The molecule has 1 atom stereocenters. The Hall–Kier alpha value is -2.22. The Morgan fingerprint density at radius 1 is 1.41 bits per heavy atom. The van der Waals surface area contributed by atoms with Crippen molar-refractivity contribution in [1.29, 1.82) is 0 Å². The van der Waals surface area contributed by atoms with Gasteiger partial charge in [0, 0.05) is 13.1 Å². The summed E-state index contributed by atoms with van der Waals surface area (Å²) in [6.07, 6.45) is -0.842. The summed E-state index contributed by atoms with van der Waals surface area (Å²) in [5.41, 5.74) is 0. The van der Waals surface area contributed by atoms with Gasteiger partial charge in [0.2, 0.25) is 5.82 Å². The lowest BCUT2D eigenvalue weighted by Gasteiger charge is -2.42. The van der Waals surface area contributed by atoms with Crippen LogP contribution >= 0.6 is 0 Å². The average molecular weight is 315 g/mol. The Kier molecular flexibility index (Phi) is 4.92. The third-order valence-corrected chi connectivity index (χ3v) is 3.37. The monoisotopic (exact) mass is 315 g/mol. The zero-order valence-corrected chi connectivity index (χ0v) is 11.8. The van der Waals surface area contributed by atoms with Crippen molar-refractivity contribution >= 4 is 11.9 Å². The number of rotatable bonds is 6. The fraction of sp³-hybridized carbons (Fsp3) is 0.429. The van der Waals surface area contributed by atoms with Crippen molar-refractivity contribution in [2.45, 2.75) is 18.6 Å². The fourth-order valence-corrected chi connectivity index (χ4v) is 2.22. The van der Waals surface area contributed by atoms with Gasteiger partial charge in [-0.05, 0) is 12.1 Å². The number of carboxylic acids is 1. The molecule has 0 bridgehead atoms. The third kappa shape index (κ3) is 3.51. The molecule has 120 valence electrons. The molecule has 22 heavy (non-hydrogen) atoms. The lowest BCUT2D eigenvalue weighted by atomic mass is 10.0. The number of halogens is 2. The number of hydrogen-bond donors (Lipinski definition) is 1. The average Bonchev–Trinajstić information content (AvgIpc) is 2.43. The van der Waals surface area contributed by atoms with E-state index in [9.17, 15) is 18.4 Å². The van der Waals surface area contributed by atoms with Crippen LogP contribution in [0.3, 0.4) is 0 Å². The third-order valence-electron chi connectivity index (χ3n) is 3.37. The second kappa shape index (κ2) is 6.69. The maximum atomic E-state index is 13.5. The number of hydrogen-bond acceptors (Lipinski definition) is 5. The number of carbonyl (C=O) groups excluding carboxylic acids is 1. The maximum absolute atomic E-state index is 13.5. The molecule has 0 saturated carbocycles. The Balaban J connectivity index is 1.94. The summed E-state index contributed by atoms with van der Waals surface area (Å²) in [4.78, 5) is 23.9. The van der Waals surface area contributed by atoms with Crippen molar-refractivity contribution in [2.75, 3.05) is 20.2 Å². The van der Waals surface area contributed by atoms with Crippen molar-refractivity contribution < 1.29 is 33.0 Å². The number of likely N-dealkylation sites (tertiary alicyclic amines) is 1. The SMILES string of the molecule is COC(=O)C(CC(=O)O)N1CC(Oc2cccc(F)c2F)C1. The number of nitrogens with zero attached hydrogens (tertiary/aromatic N) is 1. The summed E-state index contributed by atoms with van der Waals surface area (Å²) in [5.74, 6) is -4.07. The predicted molar refractivity (Wildman–Crippen MR) is 70.4 cm³/mol. The van der Waals surface area contributed by atoms with Crippen molar-refractivity contribution in [3.63, 3.8) is 0 Å². The summed E-state index contributed by atoms with van der Waals surface area (Å²) in [5, 5.41) is 8.81. The maximum Gasteiger partial charge on any atom is 0.323 e. The van der Waals surface area contributed by atoms with E-state index in [0.717, 1.165) is 6.07 Å². The second-order valence-corrected chi connectivity index (χ2v) is 4.88. The molecule has 0 amide bonds. The van der Waals surface area contributed by atoms with E-state index >= 15 is 0 Å². The van der Waals surface area contributed by atoms with Crippen LogP contribution in [0.4, 0.5) is 8.78 Å². The van der Waals surface area contributed by atoms with Gasteiger partial charge < -0.3 is 14.6 Å². The molecule has 1 aliphatic heterocycles. The fourth-order valence-electron chi connectivity index (χ4n) is 2.22. The van der Waals surface area contributed by atoms with Crippen molar-refractivity contribution in [2.24, 2.45) is 0 Å². The molecule has 2 rings (SSSR count). The molecular formula is C14H15F2NO5. The van der Waals surface area contributed by atoms with Gasteiger partial charge in [0.05, 0.1) is 13.5 Å². The molecule has 0 aliphatic carbocycles. The van der Waals surface area contributed by atoms with Gasteiger partial charge in [-0.15, -0.1) is 0 Å². The second-order valence-electron chi connectivity index (χ2n) is 4.88. The van der Waals surface area contributed by atoms with Crippen molar-refractivity contribution in [3.05, 3.63) is 29.8 Å². The molecule has 0 aromatic heterocycles. The summed E-state index contributed by atoms with van der Waals surface area (Å²) in [6, 6.07) is 2.69. The van der Waals surface area contributed by atoms with Gasteiger partial charge in [-0.2, -0.15) is 4.39 Å². The van der Waals surface area contributed by atoms with E-state index in [2.05, 4.69) is 4.74 Å². The Labute approximate surface area is 125 Å². The first-order chi connectivity index (χ1) is 10.4. The first-order valence-electron chi connectivity index (χ1n) is 6.56. The van der Waals surface area contributed by atoms with Crippen LogP contribution in [-0.4, -0.2) is 54.3 Å². The molecule has 0 spiro atoms. The number of carboxylic acid groups (broad SMARTS) is 1. The molecule has 1 aliphatic rings. The highest BCUT2D eigenvalue weighted by Gasteiger charge is 2.39. The molecule has 1 saturated heterocycles. The minimum atomic E-state index is -1.13. The number of methoxy groups -OCH3 is 1. The van der Waals surface area contributed by atoms with Crippen LogP contribution in [0.1, 0.15) is 6.42 Å². The quantitative estimate of drug-likeness (QED) is 0.791. The normalized spacial score (nSPS) is 16.7. The zero-order chi connectivity index (χ0) is 16.3. The van der Waals surface area contributed by atoms with Gasteiger partial charge in [-0.1, -0.05) is 6.07 Å². The highest BCUT2D eigenvalue weighted by Crippen LogP contribution is 2.25. The number of carbonyl (C=O) groups is 2. The lowest BCUT2D eigenvalue weighted by Crippen LogP contribution is -2.60. The standard InChI is InChI=1S/C14H15F2NO5/c1-21-14(20)10(5-12(18)19)17-6-8(7-17)22-11-4-2-3-9(15)13(11)16/h2-4,8,10H,5-7H2,1H3,(H,18,19). The highest BCUT2D eigenvalue weighted by molar-refractivity contribution is 5.82. The first-order valence-corrected chi connectivity index (χ1v) is 6.56. The minimum absolute atomic E-state index is 0.211. The number of esters is 1. The van der Waals surface area contributed by atoms with E-state index in [-0.39, 0.29) is 18.8 Å². The molecule has 1 N–H and O–H groups in total. The van der Waals surface area contributed by atoms with Gasteiger partial charge in [0.1, 0.15) is 12.1 Å². The molecule has 6 nitrogen and oxygen atoms in total. The van der Waals surface area contributed by atoms with E-state index in [1.165, 1.54) is 19.2 Å². The topological polar surface area (TPSA) is 76.1 Å². The van der Waals surface area contributed by atoms with E-state index in [0.29, 0.717) is 0 Å². The van der Waals surface area contributed by atoms with Crippen LogP contribution in [0.25, 0.3) is 0 Å². The van der Waals surface area contributed by atoms with E-state index in [4.69, 9.17) is 9.84 Å². The largest absolute Gasteiger partial charge is 0.485 e. The summed E-state index contributed by atoms with van der Waals surface area (Å²) in [6.45, 7) is 0.450. The number of benzene rings is 1. The molecule has 1 fully saturated rings. The highest BCUT2D eigenvalue weighted by atomic mass is 19.2. The molecular weight excluding hydrogens is 300 g/mol. The number of ether oxygens (including phenoxy) is 2. The molecule has 0 radical (unpaired) electrons. The predicted octanol–water partition coefficient (Wildman–Crippen LogP) is 1.04. The zero-order valence-electron chi connectivity index (χ0n) is 11.8. The van der Waals surface area contributed by atoms with Crippen LogP contribution in [0.2, 0.25) is 0 Å². The van der Waals surface area contributed by atoms with Crippen LogP contribution < -0.4 is 4.74 Å². The Morgan fingerprint density at radius 3 is 2.68 bits per heavy atom.